The van der Waals surface area contributed by atoms with Gasteiger partial charge in [0.25, 0.3) is 11.7 Å². The first-order valence-electron chi connectivity index (χ1n) is 12.0. The molecule has 180 valence electrons. The van der Waals surface area contributed by atoms with E-state index in [1.807, 2.05) is 73.7 Å². The van der Waals surface area contributed by atoms with Crippen molar-refractivity contribution in [1.29, 1.82) is 0 Å². The van der Waals surface area contributed by atoms with E-state index in [-0.39, 0.29) is 17.9 Å². The standard InChI is InChI=1S/C30H31NO4/c1-20(2)16-17-35-25-11-7-10-24(18-25)27-26(28(32)23-14-12-21(3)13-15-23)29(33)30(34)31(27)19-22-8-5-4-6-9-22/h4-15,18,20,27,32H,16-17,19H2,1-3H3/b28-26+. The fourth-order valence-electron chi connectivity index (χ4n) is 4.22. The molecule has 1 saturated heterocycles. The molecule has 5 heteroatoms. The number of benzene rings is 3. The maximum Gasteiger partial charge on any atom is 0.295 e. The van der Waals surface area contributed by atoms with Crippen molar-refractivity contribution in [2.45, 2.75) is 39.8 Å². The second-order valence-corrected chi connectivity index (χ2v) is 9.38. The Kier molecular flexibility index (Phi) is 7.35. The average Bonchev–Trinajstić information content (AvgIpc) is 3.09. The Morgan fingerprint density at radius 2 is 1.69 bits per heavy atom. The first-order valence-corrected chi connectivity index (χ1v) is 12.0. The van der Waals surface area contributed by atoms with Crippen LogP contribution in [0, 0.1) is 12.8 Å². The summed E-state index contributed by atoms with van der Waals surface area (Å²) < 4.78 is 5.95. The number of likely N-dealkylation sites (tertiary alicyclic amines) is 1. The van der Waals surface area contributed by atoms with Gasteiger partial charge in [-0.3, -0.25) is 9.59 Å². The molecule has 35 heavy (non-hydrogen) atoms. The monoisotopic (exact) mass is 469 g/mol. The number of aliphatic hydroxyl groups excluding tert-OH is 1. The third kappa shape index (κ3) is 5.46. The third-order valence-electron chi connectivity index (χ3n) is 6.20. The smallest absolute Gasteiger partial charge is 0.295 e. The number of nitrogens with zero attached hydrogens (tertiary/aromatic N) is 1. The highest BCUT2D eigenvalue weighted by molar-refractivity contribution is 6.46. The lowest BCUT2D eigenvalue weighted by Crippen LogP contribution is -2.29. The van der Waals surface area contributed by atoms with Crippen LogP contribution in [0.1, 0.15) is 48.6 Å². The SMILES string of the molecule is Cc1ccc(/C(O)=C2\C(=O)C(=O)N(Cc3ccccc3)C2c2cccc(OCCC(C)C)c2)cc1. The zero-order valence-electron chi connectivity index (χ0n) is 20.4. The number of Topliss-reactive ketones (excluding diaryl/α,β-unsaturated/α-hetero) is 1. The third-order valence-corrected chi connectivity index (χ3v) is 6.20. The zero-order chi connectivity index (χ0) is 24.9. The fraction of sp³-hybridized carbons (Fsp3) is 0.267. The molecule has 1 aliphatic heterocycles. The second-order valence-electron chi connectivity index (χ2n) is 9.38. The summed E-state index contributed by atoms with van der Waals surface area (Å²) in [5, 5.41) is 11.2. The van der Waals surface area contributed by atoms with E-state index in [1.165, 1.54) is 4.90 Å². The molecule has 4 rings (SSSR count). The number of ether oxygens (including phenoxy) is 1. The Hall–Kier alpha value is -3.86. The summed E-state index contributed by atoms with van der Waals surface area (Å²) in [5.74, 6) is -0.293. The van der Waals surface area contributed by atoms with Gasteiger partial charge in [-0.2, -0.15) is 0 Å². The first-order chi connectivity index (χ1) is 16.8. The van der Waals surface area contributed by atoms with Crippen LogP contribution in [0.2, 0.25) is 0 Å². The van der Waals surface area contributed by atoms with Crippen LogP contribution in [-0.2, 0) is 16.1 Å². The van der Waals surface area contributed by atoms with Crippen molar-refractivity contribution < 1.29 is 19.4 Å². The van der Waals surface area contributed by atoms with E-state index in [0.717, 1.165) is 23.1 Å². The molecule has 1 amide bonds. The van der Waals surface area contributed by atoms with Crippen molar-refractivity contribution in [2.24, 2.45) is 5.92 Å². The second kappa shape index (κ2) is 10.6. The average molecular weight is 470 g/mol. The lowest BCUT2D eigenvalue weighted by molar-refractivity contribution is -0.140. The molecule has 5 nitrogen and oxygen atoms in total. The molecule has 0 bridgehead atoms. The summed E-state index contributed by atoms with van der Waals surface area (Å²) in [6, 6.07) is 23.5. The number of aryl methyl sites for hydroxylation is 1. The molecule has 3 aromatic carbocycles. The fourth-order valence-corrected chi connectivity index (χ4v) is 4.22. The molecular formula is C30H31NO4. The summed E-state index contributed by atoms with van der Waals surface area (Å²) in [6.07, 6.45) is 0.921. The molecule has 0 spiro atoms. The molecule has 1 fully saturated rings. The van der Waals surface area contributed by atoms with Crippen LogP contribution in [0.5, 0.6) is 5.75 Å². The molecule has 3 aromatic rings. The van der Waals surface area contributed by atoms with Crippen molar-refractivity contribution in [3.63, 3.8) is 0 Å². The lowest BCUT2D eigenvalue weighted by atomic mass is 9.94. The Labute approximate surface area is 206 Å². The van der Waals surface area contributed by atoms with E-state index < -0.39 is 17.7 Å². The van der Waals surface area contributed by atoms with Gasteiger partial charge in [0.2, 0.25) is 0 Å². The summed E-state index contributed by atoms with van der Waals surface area (Å²) in [5.41, 5.74) is 3.25. The van der Waals surface area contributed by atoms with Crippen LogP contribution < -0.4 is 4.74 Å². The van der Waals surface area contributed by atoms with Gasteiger partial charge in [-0.05, 0) is 42.5 Å². The van der Waals surface area contributed by atoms with E-state index in [4.69, 9.17) is 4.74 Å². The lowest BCUT2D eigenvalue weighted by Gasteiger charge is -2.26. The Balaban J connectivity index is 1.78. The normalized spacial score (nSPS) is 17.3. The van der Waals surface area contributed by atoms with Crippen molar-refractivity contribution in [3.05, 3.63) is 107 Å². The molecule has 0 aromatic heterocycles. The van der Waals surface area contributed by atoms with Crippen LogP contribution in [-0.4, -0.2) is 28.3 Å². The number of rotatable bonds is 8. The Bertz CT molecular complexity index is 1230. The maximum atomic E-state index is 13.3. The van der Waals surface area contributed by atoms with Crippen molar-refractivity contribution in [1.82, 2.24) is 4.90 Å². The summed E-state index contributed by atoms with van der Waals surface area (Å²) in [7, 11) is 0. The molecule has 0 aliphatic carbocycles. The zero-order valence-corrected chi connectivity index (χ0v) is 20.4. The van der Waals surface area contributed by atoms with Crippen LogP contribution in [0.15, 0.2) is 84.4 Å². The highest BCUT2D eigenvalue weighted by atomic mass is 16.5. The number of carbonyl (C=O) groups excluding carboxylic acids is 2. The van der Waals surface area contributed by atoms with E-state index in [0.29, 0.717) is 23.8 Å². The Morgan fingerprint density at radius 3 is 2.37 bits per heavy atom. The van der Waals surface area contributed by atoms with Gasteiger partial charge in [0.1, 0.15) is 11.5 Å². The maximum absolute atomic E-state index is 13.3. The topological polar surface area (TPSA) is 66.8 Å². The Morgan fingerprint density at radius 1 is 0.971 bits per heavy atom. The van der Waals surface area contributed by atoms with Crippen molar-refractivity contribution in [2.75, 3.05) is 6.61 Å². The van der Waals surface area contributed by atoms with Crippen molar-refractivity contribution >= 4 is 17.4 Å². The minimum atomic E-state index is -0.731. The number of aliphatic hydroxyl groups is 1. The summed E-state index contributed by atoms with van der Waals surface area (Å²) >= 11 is 0. The molecule has 1 atom stereocenters. The highest BCUT2D eigenvalue weighted by Crippen LogP contribution is 2.41. The largest absolute Gasteiger partial charge is 0.507 e. The van der Waals surface area contributed by atoms with Gasteiger partial charge >= 0.3 is 0 Å². The molecule has 1 heterocycles. The van der Waals surface area contributed by atoms with Crippen LogP contribution in [0.4, 0.5) is 0 Å². The first kappa shape index (κ1) is 24.3. The van der Waals surface area contributed by atoms with Crippen LogP contribution >= 0.6 is 0 Å². The predicted molar refractivity (Wildman–Crippen MR) is 137 cm³/mol. The van der Waals surface area contributed by atoms with Gasteiger partial charge < -0.3 is 14.7 Å². The van der Waals surface area contributed by atoms with E-state index in [9.17, 15) is 14.7 Å². The molecule has 1 N–H and O–H groups in total. The van der Waals surface area contributed by atoms with Crippen molar-refractivity contribution in [3.8, 4) is 5.75 Å². The number of carbonyl (C=O) groups is 2. The molecular weight excluding hydrogens is 438 g/mol. The minimum Gasteiger partial charge on any atom is -0.507 e. The molecule has 1 unspecified atom stereocenters. The molecule has 0 saturated carbocycles. The number of ketones is 1. The number of amides is 1. The molecule has 0 radical (unpaired) electrons. The van der Waals surface area contributed by atoms with Gasteiger partial charge in [0.15, 0.2) is 0 Å². The van der Waals surface area contributed by atoms with E-state index in [2.05, 4.69) is 13.8 Å². The highest BCUT2D eigenvalue weighted by Gasteiger charge is 2.46. The quantitative estimate of drug-likeness (QED) is 0.248. The van der Waals surface area contributed by atoms with Crippen LogP contribution in [0.25, 0.3) is 5.76 Å². The van der Waals surface area contributed by atoms with Crippen LogP contribution in [0.3, 0.4) is 0 Å². The van der Waals surface area contributed by atoms with Gasteiger partial charge in [-0.1, -0.05) is 86.1 Å². The van der Waals surface area contributed by atoms with Gasteiger partial charge in [-0.25, -0.2) is 0 Å². The van der Waals surface area contributed by atoms with Gasteiger partial charge in [0, 0.05) is 12.1 Å². The summed E-state index contributed by atoms with van der Waals surface area (Å²) in [4.78, 5) is 28.0. The van der Waals surface area contributed by atoms with Gasteiger partial charge in [-0.15, -0.1) is 0 Å². The molecule has 1 aliphatic rings. The van der Waals surface area contributed by atoms with Gasteiger partial charge in [0.05, 0.1) is 18.2 Å². The summed E-state index contributed by atoms with van der Waals surface area (Å²) in [6.45, 7) is 7.06. The van der Waals surface area contributed by atoms with E-state index >= 15 is 0 Å². The minimum absolute atomic E-state index is 0.0918. The predicted octanol–water partition coefficient (Wildman–Crippen LogP) is 6.04. The van der Waals surface area contributed by atoms with E-state index in [1.54, 1.807) is 12.1 Å². The number of hydrogen-bond acceptors (Lipinski definition) is 4. The number of hydrogen-bond donors (Lipinski definition) is 1.